The van der Waals surface area contributed by atoms with Crippen LogP contribution in [-0.2, 0) is 56.8 Å². The predicted octanol–water partition coefficient (Wildman–Crippen LogP) is 8.48. The number of hydrogen-bond acceptors (Lipinski definition) is 8. The average Bonchev–Trinajstić information content (AvgIpc) is 4.11. The summed E-state index contributed by atoms with van der Waals surface area (Å²) in [7, 11) is -6.15. The number of sulfonamides is 1. The molecule has 0 aliphatic heterocycles. The number of nitrogens with one attached hydrogen (secondary N) is 2. The van der Waals surface area contributed by atoms with Crippen molar-refractivity contribution < 1.29 is 52.4 Å². The van der Waals surface area contributed by atoms with E-state index in [4.69, 9.17) is 16.6 Å². The lowest BCUT2D eigenvalue weighted by Gasteiger charge is -2.34. The molecule has 0 bridgehead atoms. The zero-order valence-corrected chi connectivity index (χ0v) is 38.0. The standard InChI is InChI=1S/C44H41ClF7N7O5S2/c1-41(2,65(61,62)26-6-7-26)14-13-25-5-8-27(28-10-12-31(45)35-37(28)58(4)56-40(35)57-66(63,64)42(3)15-16-42)36(53-25)32(19-22-17-23(46)20-24(47)18-22)54-33(60)21-59-39-34(38(55-59)44(50,51)52)29-9-11-30(29)43(39,48)49/h5,8,10,12,17-18,20,26,29-30,32H,6-7,9,11,15-16,19,21H2,1-4H3,(H,54,60)(H,56,57)/t29-,30+,32-/m0/s1. The Labute approximate surface area is 379 Å². The molecule has 5 aromatic rings. The van der Waals surface area contributed by atoms with Gasteiger partial charge in [0, 0.05) is 35.7 Å². The number of aromatic nitrogens is 5. The number of sulfone groups is 1. The molecule has 0 radical (unpaired) electrons. The van der Waals surface area contributed by atoms with Gasteiger partial charge in [0.2, 0.25) is 15.9 Å². The number of nitrogens with zero attached hydrogens (tertiary/aromatic N) is 5. The molecule has 4 aliphatic carbocycles. The van der Waals surface area contributed by atoms with Crippen molar-refractivity contribution in [2.24, 2.45) is 13.0 Å². The van der Waals surface area contributed by atoms with Crippen molar-refractivity contribution in [1.29, 1.82) is 0 Å². The summed E-state index contributed by atoms with van der Waals surface area (Å²) in [6.45, 7) is 3.34. The van der Waals surface area contributed by atoms with Crippen LogP contribution in [0.1, 0.15) is 105 Å². The average molecular weight is 980 g/mol. The minimum atomic E-state index is -5.12. The zero-order chi connectivity index (χ0) is 47.7. The summed E-state index contributed by atoms with van der Waals surface area (Å²) in [6.07, 6.45) is -3.71. The second kappa shape index (κ2) is 15.4. The van der Waals surface area contributed by atoms with Crippen LogP contribution < -0.4 is 10.0 Å². The largest absolute Gasteiger partial charge is 0.435 e. The van der Waals surface area contributed by atoms with Crippen molar-refractivity contribution in [3.05, 3.63) is 93.0 Å². The third-order valence-corrected chi connectivity index (χ3v) is 18.5. The number of benzene rings is 2. The molecular formula is C44H41ClF7N7O5S2. The number of carbonyl (C=O) groups excluding carboxylic acids is 1. The molecule has 22 heteroatoms. The Morgan fingerprint density at radius 2 is 1.64 bits per heavy atom. The maximum absolute atomic E-state index is 15.8. The second-order valence-corrected chi connectivity index (χ2v) is 23.6. The van der Waals surface area contributed by atoms with E-state index in [-0.39, 0.29) is 62.7 Å². The summed E-state index contributed by atoms with van der Waals surface area (Å²) in [5.74, 6) is -3.84. The predicted molar refractivity (Wildman–Crippen MR) is 230 cm³/mol. The van der Waals surface area contributed by atoms with Crippen LogP contribution in [0.15, 0.2) is 42.5 Å². The summed E-state index contributed by atoms with van der Waals surface area (Å²) >= 11 is 6.73. The topological polar surface area (TPSA) is 158 Å². The van der Waals surface area contributed by atoms with E-state index in [9.17, 15) is 43.6 Å². The molecule has 1 amide bonds. The van der Waals surface area contributed by atoms with Gasteiger partial charge in [-0.3, -0.25) is 18.9 Å². The van der Waals surface area contributed by atoms with Crippen molar-refractivity contribution in [3.8, 4) is 23.0 Å². The molecule has 9 rings (SSSR count). The molecule has 3 fully saturated rings. The normalized spacial score (nSPS) is 20.2. The Hall–Kier alpha value is -5.20. The number of carbonyl (C=O) groups is 1. The van der Waals surface area contributed by atoms with Gasteiger partial charge in [0.15, 0.2) is 21.3 Å². The van der Waals surface area contributed by atoms with Crippen molar-refractivity contribution in [3.63, 3.8) is 0 Å². The molecule has 3 atom stereocenters. The highest BCUT2D eigenvalue weighted by atomic mass is 35.5. The number of rotatable bonds is 12. The lowest BCUT2D eigenvalue weighted by Crippen LogP contribution is -2.36. The van der Waals surface area contributed by atoms with E-state index in [0.717, 1.165) is 12.1 Å². The van der Waals surface area contributed by atoms with Crippen LogP contribution >= 0.6 is 11.6 Å². The molecule has 3 aromatic heterocycles. The first kappa shape index (κ1) is 45.9. The Bertz CT molecular complexity index is 3150. The summed E-state index contributed by atoms with van der Waals surface area (Å²) in [6, 6.07) is 7.06. The summed E-state index contributed by atoms with van der Waals surface area (Å²) in [4.78, 5) is 19.0. The van der Waals surface area contributed by atoms with Crippen molar-refractivity contribution in [2.45, 2.75) is 111 Å². The van der Waals surface area contributed by atoms with Crippen molar-refractivity contribution in [2.75, 3.05) is 4.72 Å². The van der Waals surface area contributed by atoms with Crippen LogP contribution in [0, 0.1) is 29.4 Å². The highest BCUT2D eigenvalue weighted by molar-refractivity contribution is 7.94. The van der Waals surface area contributed by atoms with E-state index in [2.05, 4.69) is 32.1 Å². The number of anilines is 1. The van der Waals surface area contributed by atoms with E-state index in [1.807, 2.05) is 0 Å². The third-order valence-electron chi connectivity index (χ3n) is 13.2. The van der Waals surface area contributed by atoms with Gasteiger partial charge in [0.1, 0.15) is 34.3 Å². The molecule has 2 N–H and O–H groups in total. The maximum atomic E-state index is 15.8. The lowest BCUT2D eigenvalue weighted by atomic mass is 9.73. The van der Waals surface area contributed by atoms with Gasteiger partial charge in [0.05, 0.1) is 37.7 Å². The monoisotopic (exact) mass is 979 g/mol. The molecule has 4 aliphatic rings. The fourth-order valence-electron chi connectivity index (χ4n) is 8.99. The van der Waals surface area contributed by atoms with Gasteiger partial charge < -0.3 is 5.32 Å². The molecule has 350 valence electrons. The molecule has 0 unspecified atom stereocenters. The summed E-state index contributed by atoms with van der Waals surface area (Å²) in [5, 5.41) is 10.3. The number of alkyl halides is 5. The minimum absolute atomic E-state index is 0.0269. The van der Waals surface area contributed by atoms with Crippen LogP contribution in [0.25, 0.3) is 22.0 Å². The molecule has 0 spiro atoms. The smallest absolute Gasteiger partial charge is 0.346 e. The van der Waals surface area contributed by atoms with E-state index in [1.165, 1.54) is 43.8 Å². The number of pyridine rings is 1. The van der Waals surface area contributed by atoms with Crippen LogP contribution in [0.2, 0.25) is 5.02 Å². The van der Waals surface area contributed by atoms with Gasteiger partial charge in [-0.2, -0.15) is 32.1 Å². The molecule has 66 heavy (non-hydrogen) atoms. The van der Waals surface area contributed by atoms with E-state index in [1.54, 1.807) is 13.0 Å². The highest BCUT2D eigenvalue weighted by Crippen LogP contribution is 2.64. The van der Waals surface area contributed by atoms with Gasteiger partial charge in [-0.25, -0.2) is 30.6 Å². The Balaban J connectivity index is 1.20. The Morgan fingerprint density at radius 1 is 0.970 bits per heavy atom. The number of aryl methyl sites for hydroxylation is 1. The van der Waals surface area contributed by atoms with E-state index in [0.29, 0.717) is 36.4 Å². The first-order chi connectivity index (χ1) is 30.7. The summed E-state index contributed by atoms with van der Waals surface area (Å²) in [5.41, 5.74) is -2.60. The van der Waals surface area contributed by atoms with E-state index >= 15 is 8.78 Å². The maximum Gasteiger partial charge on any atom is 0.435 e. The van der Waals surface area contributed by atoms with Gasteiger partial charge in [-0.05, 0) is 113 Å². The van der Waals surface area contributed by atoms with Crippen LogP contribution in [0.4, 0.5) is 36.6 Å². The van der Waals surface area contributed by atoms with Gasteiger partial charge in [-0.1, -0.05) is 23.6 Å². The number of hydrogen-bond donors (Lipinski definition) is 2. The molecule has 2 aromatic carbocycles. The number of halogens is 8. The first-order valence-corrected chi connectivity index (χ1v) is 24.4. The first-order valence-electron chi connectivity index (χ1n) is 21.0. The lowest BCUT2D eigenvalue weighted by molar-refractivity contribution is -0.144. The Kier molecular flexibility index (Phi) is 10.7. The van der Waals surface area contributed by atoms with Crippen molar-refractivity contribution >= 4 is 54.1 Å². The Morgan fingerprint density at radius 3 is 2.24 bits per heavy atom. The van der Waals surface area contributed by atoms with Gasteiger partial charge in [0.25, 0.3) is 5.92 Å². The molecule has 12 nitrogen and oxygen atoms in total. The van der Waals surface area contributed by atoms with Crippen molar-refractivity contribution in [1.82, 2.24) is 29.9 Å². The van der Waals surface area contributed by atoms with Crippen LogP contribution in [0.5, 0.6) is 0 Å². The quantitative estimate of drug-likeness (QED) is 0.0932. The van der Waals surface area contributed by atoms with Crippen LogP contribution in [0.3, 0.4) is 0 Å². The van der Waals surface area contributed by atoms with E-state index < -0.39 is 112 Å². The zero-order valence-electron chi connectivity index (χ0n) is 35.6. The molecule has 0 saturated heterocycles. The minimum Gasteiger partial charge on any atom is -0.346 e. The summed E-state index contributed by atoms with van der Waals surface area (Å²) < 4.78 is 159. The number of fused-ring (bicyclic) bond motifs is 4. The molecule has 3 heterocycles. The fraction of sp³-hybridized carbons (Fsp3) is 0.455. The molecule has 3 saturated carbocycles. The molecular weight excluding hydrogens is 939 g/mol. The third kappa shape index (κ3) is 7.79. The van der Waals surface area contributed by atoms with Gasteiger partial charge >= 0.3 is 6.18 Å². The highest BCUT2D eigenvalue weighted by Gasteiger charge is 2.63. The van der Waals surface area contributed by atoms with Gasteiger partial charge in [-0.15, -0.1) is 0 Å². The van der Waals surface area contributed by atoms with Crippen LogP contribution in [-0.4, -0.2) is 62.0 Å². The second-order valence-electron chi connectivity index (χ2n) is 18.3. The fourth-order valence-corrected chi connectivity index (χ4v) is 12.3. The number of amides is 1. The SMILES string of the molecule is Cn1nc(NS(=O)(=O)C2(C)CC2)c2c(Cl)ccc(-c3ccc(C#CC(C)(C)S(=O)(=O)C4CC4)nc3[C@H](Cc3cc(F)cc(F)c3)NC(=O)Cn3nc(C(F)(F)F)c4c3C(F)(F)[C@@H]3CC[C@H]43)c21.